The summed E-state index contributed by atoms with van der Waals surface area (Å²) in [5, 5.41) is 2.55. The summed E-state index contributed by atoms with van der Waals surface area (Å²) < 4.78 is 5.63. The number of benzene rings is 2. The largest absolute Gasteiger partial charge is 0.452 e. The van der Waals surface area contributed by atoms with E-state index in [0.717, 1.165) is 0 Å². The van der Waals surface area contributed by atoms with Crippen LogP contribution in [0.15, 0.2) is 46.9 Å². The Hall–Kier alpha value is -2.67. The molecule has 0 atom stereocenters. The zero-order valence-corrected chi connectivity index (χ0v) is 14.4. The summed E-state index contributed by atoms with van der Waals surface area (Å²) in [4.78, 5) is 35.4. The molecule has 2 aromatic carbocycles. The maximum absolute atomic E-state index is 12.0. The number of nitrogens with two attached hydrogens (primary N) is 1. The smallest absolute Gasteiger partial charge is 0.340 e. The SMILES string of the molecule is CC(=O)c1ccccc1NC(=O)COC(=O)c1cc(Br)ccc1N. The number of carbonyl (C=O) groups is 3. The Balaban J connectivity index is 2.00. The molecule has 0 saturated carbocycles. The number of ether oxygens (including phenoxy) is 1. The van der Waals surface area contributed by atoms with Crippen molar-refractivity contribution in [1.82, 2.24) is 0 Å². The second-order valence-electron chi connectivity index (χ2n) is 4.96. The van der Waals surface area contributed by atoms with Crippen LogP contribution in [0, 0.1) is 0 Å². The number of ketones is 1. The number of hydrogen-bond donors (Lipinski definition) is 2. The van der Waals surface area contributed by atoms with Gasteiger partial charge in [0.05, 0.1) is 11.3 Å². The Bertz CT molecular complexity index is 805. The van der Waals surface area contributed by atoms with E-state index in [9.17, 15) is 14.4 Å². The van der Waals surface area contributed by atoms with Gasteiger partial charge in [0.25, 0.3) is 5.91 Å². The highest BCUT2D eigenvalue weighted by Gasteiger charge is 2.15. The van der Waals surface area contributed by atoms with Crippen LogP contribution in [0.5, 0.6) is 0 Å². The van der Waals surface area contributed by atoms with E-state index in [2.05, 4.69) is 21.2 Å². The van der Waals surface area contributed by atoms with Crippen molar-refractivity contribution >= 4 is 45.0 Å². The first kappa shape index (κ1) is 17.7. The summed E-state index contributed by atoms with van der Waals surface area (Å²) in [5.41, 5.74) is 6.89. The van der Waals surface area contributed by atoms with Crippen molar-refractivity contribution in [1.29, 1.82) is 0 Å². The molecule has 0 saturated heterocycles. The highest BCUT2D eigenvalue weighted by molar-refractivity contribution is 9.10. The number of nitrogens with one attached hydrogen (secondary N) is 1. The lowest BCUT2D eigenvalue weighted by molar-refractivity contribution is -0.119. The predicted octanol–water partition coefficient (Wildman–Crippen LogP) is 3.03. The highest BCUT2D eigenvalue weighted by atomic mass is 79.9. The number of Topliss-reactive ketones (excluding diaryl/α,β-unsaturated/α-hetero) is 1. The maximum atomic E-state index is 12.0. The van der Waals surface area contributed by atoms with E-state index in [0.29, 0.717) is 15.7 Å². The van der Waals surface area contributed by atoms with Crippen molar-refractivity contribution in [2.24, 2.45) is 0 Å². The Morgan fingerprint density at radius 1 is 1.12 bits per heavy atom. The van der Waals surface area contributed by atoms with Gasteiger partial charge in [-0.25, -0.2) is 4.79 Å². The van der Waals surface area contributed by atoms with E-state index in [1.54, 1.807) is 36.4 Å². The van der Waals surface area contributed by atoms with Crippen molar-refractivity contribution in [2.45, 2.75) is 6.92 Å². The monoisotopic (exact) mass is 390 g/mol. The van der Waals surface area contributed by atoms with Crippen LogP contribution in [0.1, 0.15) is 27.6 Å². The lowest BCUT2D eigenvalue weighted by Crippen LogP contribution is -2.22. The van der Waals surface area contributed by atoms with Crippen molar-refractivity contribution in [3.05, 3.63) is 58.1 Å². The highest BCUT2D eigenvalue weighted by Crippen LogP contribution is 2.19. The molecule has 0 unspecified atom stereocenters. The van der Waals surface area contributed by atoms with Crippen LogP contribution in [-0.2, 0) is 9.53 Å². The molecule has 0 bridgehead atoms. The maximum Gasteiger partial charge on any atom is 0.340 e. The third-order valence-corrected chi connectivity index (χ3v) is 3.64. The molecule has 0 aliphatic heterocycles. The van der Waals surface area contributed by atoms with E-state index < -0.39 is 18.5 Å². The fourth-order valence-corrected chi connectivity index (χ4v) is 2.36. The van der Waals surface area contributed by atoms with Gasteiger partial charge in [0.2, 0.25) is 0 Å². The zero-order chi connectivity index (χ0) is 17.7. The average molecular weight is 391 g/mol. The van der Waals surface area contributed by atoms with Crippen LogP contribution in [0.4, 0.5) is 11.4 Å². The van der Waals surface area contributed by atoms with Gasteiger partial charge in [-0.05, 0) is 37.3 Å². The molecule has 1 amide bonds. The summed E-state index contributed by atoms with van der Waals surface area (Å²) in [6.07, 6.45) is 0. The number of carbonyl (C=O) groups excluding carboxylic acids is 3. The molecule has 0 radical (unpaired) electrons. The van der Waals surface area contributed by atoms with Crippen LogP contribution >= 0.6 is 15.9 Å². The van der Waals surface area contributed by atoms with Crippen LogP contribution < -0.4 is 11.1 Å². The Morgan fingerprint density at radius 3 is 2.54 bits per heavy atom. The number of anilines is 2. The van der Waals surface area contributed by atoms with Crippen molar-refractivity contribution in [3.63, 3.8) is 0 Å². The first-order valence-corrected chi connectivity index (χ1v) is 7.79. The third-order valence-electron chi connectivity index (χ3n) is 3.15. The van der Waals surface area contributed by atoms with Crippen LogP contribution in [0.3, 0.4) is 0 Å². The normalized spacial score (nSPS) is 10.1. The first-order valence-electron chi connectivity index (χ1n) is 7.00. The summed E-state index contributed by atoms with van der Waals surface area (Å²) in [6, 6.07) is 11.4. The molecule has 0 heterocycles. The van der Waals surface area contributed by atoms with Crippen molar-refractivity contribution < 1.29 is 19.1 Å². The van der Waals surface area contributed by atoms with Gasteiger partial charge in [0, 0.05) is 15.7 Å². The van der Waals surface area contributed by atoms with Gasteiger partial charge in [-0.3, -0.25) is 9.59 Å². The minimum absolute atomic E-state index is 0.168. The van der Waals surface area contributed by atoms with Gasteiger partial charge in [0.1, 0.15) is 0 Å². The van der Waals surface area contributed by atoms with Crippen LogP contribution in [0.2, 0.25) is 0 Å². The fourth-order valence-electron chi connectivity index (χ4n) is 2.00. The standard InChI is InChI=1S/C17H15BrN2O4/c1-10(21)12-4-2-3-5-15(12)20-16(22)9-24-17(23)13-8-11(18)6-7-14(13)19/h2-8H,9,19H2,1H3,(H,20,22). The van der Waals surface area contributed by atoms with Gasteiger partial charge < -0.3 is 15.8 Å². The number of halogens is 1. The molecule has 0 spiro atoms. The lowest BCUT2D eigenvalue weighted by Gasteiger charge is -2.10. The van der Waals surface area contributed by atoms with Crippen molar-refractivity contribution in [3.8, 4) is 0 Å². The number of rotatable bonds is 5. The quantitative estimate of drug-likeness (QED) is 0.464. The molecular weight excluding hydrogens is 376 g/mol. The van der Waals surface area contributed by atoms with Gasteiger partial charge in [-0.1, -0.05) is 28.1 Å². The van der Waals surface area contributed by atoms with Gasteiger partial charge in [-0.2, -0.15) is 0 Å². The minimum atomic E-state index is -0.705. The molecular formula is C17H15BrN2O4. The summed E-state index contributed by atoms with van der Waals surface area (Å²) in [5.74, 6) is -1.43. The second-order valence-corrected chi connectivity index (χ2v) is 5.87. The lowest BCUT2D eigenvalue weighted by atomic mass is 10.1. The molecule has 0 aliphatic carbocycles. The molecule has 0 aliphatic rings. The predicted molar refractivity (Wildman–Crippen MR) is 93.9 cm³/mol. The average Bonchev–Trinajstić information content (AvgIpc) is 2.55. The molecule has 0 aromatic heterocycles. The van der Waals surface area contributed by atoms with Crippen molar-refractivity contribution in [2.75, 3.05) is 17.7 Å². The summed E-state index contributed by atoms with van der Waals surface area (Å²) >= 11 is 3.24. The molecule has 7 heteroatoms. The summed E-state index contributed by atoms with van der Waals surface area (Å²) in [6.45, 7) is 0.915. The number of nitrogen functional groups attached to an aromatic ring is 1. The second kappa shape index (κ2) is 7.74. The molecule has 6 nitrogen and oxygen atoms in total. The fraction of sp³-hybridized carbons (Fsp3) is 0.118. The van der Waals surface area contributed by atoms with E-state index in [4.69, 9.17) is 10.5 Å². The first-order chi connectivity index (χ1) is 11.4. The molecule has 3 N–H and O–H groups in total. The van der Waals surface area contributed by atoms with Gasteiger partial charge in [-0.15, -0.1) is 0 Å². The van der Waals surface area contributed by atoms with E-state index in [1.807, 2.05) is 0 Å². The third kappa shape index (κ3) is 4.42. The zero-order valence-electron chi connectivity index (χ0n) is 12.8. The number of hydrogen-bond acceptors (Lipinski definition) is 5. The van der Waals surface area contributed by atoms with E-state index in [1.165, 1.54) is 13.0 Å². The molecule has 2 aromatic rings. The van der Waals surface area contributed by atoms with Gasteiger partial charge >= 0.3 is 5.97 Å². The Labute approximate surface area is 147 Å². The van der Waals surface area contributed by atoms with Crippen LogP contribution in [-0.4, -0.2) is 24.3 Å². The number of esters is 1. The molecule has 24 heavy (non-hydrogen) atoms. The number of amides is 1. The van der Waals surface area contributed by atoms with E-state index >= 15 is 0 Å². The number of para-hydroxylation sites is 1. The Kier molecular flexibility index (Phi) is 5.70. The van der Waals surface area contributed by atoms with Gasteiger partial charge in [0.15, 0.2) is 12.4 Å². The molecule has 124 valence electrons. The minimum Gasteiger partial charge on any atom is -0.452 e. The van der Waals surface area contributed by atoms with E-state index in [-0.39, 0.29) is 17.0 Å². The molecule has 2 rings (SSSR count). The molecule has 0 fully saturated rings. The Morgan fingerprint density at radius 2 is 1.83 bits per heavy atom. The van der Waals surface area contributed by atoms with Crippen LogP contribution in [0.25, 0.3) is 0 Å². The summed E-state index contributed by atoms with van der Waals surface area (Å²) in [7, 11) is 0. The topological polar surface area (TPSA) is 98.5 Å².